The van der Waals surface area contributed by atoms with Crippen molar-refractivity contribution in [1.29, 1.82) is 0 Å². The van der Waals surface area contributed by atoms with Gasteiger partial charge in [0.1, 0.15) is 0 Å². The summed E-state index contributed by atoms with van der Waals surface area (Å²) in [5, 5.41) is 11.1. The highest BCUT2D eigenvalue weighted by molar-refractivity contribution is 7.15. The van der Waals surface area contributed by atoms with Gasteiger partial charge in [0.15, 0.2) is 4.96 Å². The minimum atomic E-state index is -0.933. The second kappa shape index (κ2) is 3.71. The number of rotatable bonds is 2. The lowest BCUT2D eigenvalue weighted by molar-refractivity contribution is 0.0697. The number of carboxylic acids is 1. The number of nitrogens with zero attached hydrogens (tertiary/aromatic N) is 2. The van der Waals surface area contributed by atoms with Gasteiger partial charge in [-0.1, -0.05) is 18.2 Å². The molecule has 2 aromatic heterocycles. The van der Waals surface area contributed by atoms with Gasteiger partial charge in [0, 0.05) is 23.3 Å². The molecule has 0 aliphatic heterocycles. The van der Waals surface area contributed by atoms with Crippen LogP contribution in [0.25, 0.3) is 16.2 Å². The van der Waals surface area contributed by atoms with Crippen molar-refractivity contribution >= 4 is 22.3 Å². The minimum absolute atomic E-state index is 0.276. The molecule has 0 bridgehead atoms. The molecule has 5 heteroatoms. The molecule has 84 valence electrons. The van der Waals surface area contributed by atoms with Crippen molar-refractivity contribution in [2.45, 2.75) is 0 Å². The van der Waals surface area contributed by atoms with Crippen LogP contribution in [0.1, 0.15) is 10.4 Å². The number of hydrogen-bond acceptors (Lipinski definition) is 3. The van der Waals surface area contributed by atoms with Crippen LogP contribution < -0.4 is 0 Å². The highest BCUT2D eigenvalue weighted by Crippen LogP contribution is 2.24. The van der Waals surface area contributed by atoms with Crippen molar-refractivity contribution in [3.05, 3.63) is 47.6 Å². The molecule has 1 aromatic carbocycles. The molecule has 0 saturated carbocycles. The van der Waals surface area contributed by atoms with Gasteiger partial charge in [0.2, 0.25) is 0 Å². The first-order valence-corrected chi connectivity index (χ1v) is 5.88. The zero-order chi connectivity index (χ0) is 11.8. The molecule has 0 aliphatic rings. The number of aromatic carboxylic acids is 1. The van der Waals surface area contributed by atoms with Crippen LogP contribution in [-0.4, -0.2) is 20.5 Å². The summed E-state index contributed by atoms with van der Waals surface area (Å²) in [4.78, 5) is 16.4. The Bertz CT molecular complexity index is 671. The maximum absolute atomic E-state index is 11.1. The normalized spacial score (nSPS) is 10.8. The summed E-state index contributed by atoms with van der Waals surface area (Å²) in [5.41, 5.74) is 1.61. The lowest BCUT2D eigenvalue weighted by Gasteiger charge is -2.01. The van der Waals surface area contributed by atoms with Gasteiger partial charge < -0.3 is 5.11 Å². The fourth-order valence-corrected chi connectivity index (χ4v) is 2.45. The van der Waals surface area contributed by atoms with Crippen LogP contribution in [0.5, 0.6) is 0 Å². The summed E-state index contributed by atoms with van der Waals surface area (Å²) >= 11 is 1.52. The number of carbonyl (C=O) groups is 1. The third kappa shape index (κ3) is 1.60. The van der Waals surface area contributed by atoms with Gasteiger partial charge in [-0.05, 0) is 6.07 Å². The van der Waals surface area contributed by atoms with Crippen LogP contribution in [0.3, 0.4) is 0 Å². The van der Waals surface area contributed by atoms with Crippen molar-refractivity contribution in [1.82, 2.24) is 9.38 Å². The summed E-state index contributed by atoms with van der Waals surface area (Å²) < 4.78 is 1.89. The first kappa shape index (κ1) is 10.0. The Hall–Kier alpha value is -2.14. The van der Waals surface area contributed by atoms with Crippen LogP contribution >= 0.6 is 11.3 Å². The van der Waals surface area contributed by atoms with Gasteiger partial charge in [-0.25, -0.2) is 9.78 Å². The molecule has 0 spiro atoms. The number of carboxylic acid groups (broad SMARTS) is 1. The molecule has 1 N–H and O–H groups in total. The summed E-state index contributed by atoms with van der Waals surface area (Å²) in [7, 11) is 0. The SMILES string of the molecule is O=C(O)c1ccccc1-c1cn2ccsc2n1. The Morgan fingerprint density at radius 2 is 2.18 bits per heavy atom. The Labute approximate surface area is 101 Å². The maximum Gasteiger partial charge on any atom is 0.336 e. The van der Waals surface area contributed by atoms with Gasteiger partial charge in [0.25, 0.3) is 0 Å². The number of benzene rings is 1. The van der Waals surface area contributed by atoms with E-state index in [-0.39, 0.29) is 5.56 Å². The molecule has 2 heterocycles. The van der Waals surface area contributed by atoms with E-state index < -0.39 is 5.97 Å². The first-order valence-electron chi connectivity index (χ1n) is 5.00. The number of fused-ring (bicyclic) bond motifs is 1. The molecule has 0 radical (unpaired) electrons. The van der Waals surface area contributed by atoms with E-state index >= 15 is 0 Å². The van der Waals surface area contributed by atoms with Crippen molar-refractivity contribution in [3.63, 3.8) is 0 Å². The van der Waals surface area contributed by atoms with Crippen LogP contribution in [0.2, 0.25) is 0 Å². The largest absolute Gasteiger partial charge is 0.478 e. The Kier molecular flexibility index (Phi) is 2.19. The van der Waals surface area contributed by atoms with E-state index in [0.29, 0.717) is 11.3 Å². The van der Waals surface area contributed by atoms with E-state index in [1.165, 1.54) is 11.3 Å². The Morgan fingerprint density at radius 1 is 1.35 bits per heavy atom. The molecule has 0 aliphatic carbocycles. The van der Waals surface area contributed by atoms with E-state index in [2.05, 4.69) is 4.98 Å². The third-order valence-corrected chi connectivity index (χ3v) is 3.30. The fourth-order valence-electron chi connectivity index (χ4n) is 1.75. The lowest BCUT2D eigenvalue weighted by atomic mass is 10.1. The van der Waals surface area contributed by atoms with E-state index in [0.717, 1.165) is 4.96 Å². The maximum atomic E-state index is 11.1. The number of imidazole rings is 1. The number of hydrogen-bond donors (Lipinski definition) is 1. The van der Waals surface area contributed by atoms with Crippen molar-refractivity contribution in [2.75, 3.05) is 0 Å². The zero-order valence-electron chi connectivity index (χ0n) is 8.70. The second-order valence-electron chi connectivity index (χ2n) is 3.57. The molecule has 4 nitrogen and oxygen atoms in total. The van der Waals surface area contributed by atoms with Crippen molar-refractivity contribution < 1.29 is 9.90 Å². The number of aromatic nitrogens is 2. The van der Waals surface area contributed by atoms with Crippen LogP contribution in [0.15, 0.2) is 42.0 Å². The predicted molar refractivity (Wildman–Crippen MR) is 65.5 cm³/mol. The minimum Gasteiger partial charge on any atom is -0.478 e. The van der Waals surface area contributed by atoms with E-state index in [1.807, 2.05) is 28.2 Å². The van der Waals surface area contributed by atoms with Crippen molar-refractivity contribution in [3.8, 4) is 11.3 Å². The Morgan fingerprint density at radius 3 is 2.94 bits per heavy atom. The molecule has 3 rings (SSSR count). The van der Waals surface area contributed by atoms with Crippen LogP contribution in [0.4, 0.5) is 0 Å². The second-order valence-corrected chi connectivity index (χ2v) is 4.44. The first-order chi connectivity index (χ1) is 8.25. The quantitative estimate of drug-likeness (QED) is 0.754. The molecular formula is C12H8N2O2S. The van der Waals surface area contributed by atoms with Crippen LogP contribution in [0, 0.1) is 0 Å². The van der Waals surface area contributed by atoms with Crippen LogP contribution in [-0.2, 0) is 0 Å². The third-order valence-electron chi connectivity index (χ3n) is 2.53. The topological polar surface area (TPSA) is 54.6 Å². The van der Waals surface area contributed by atoms with E-state index in [4.69, 9.17) is 5.11 Å². The summed E-state index contributed by atoms with van der Waals surface area (Å²) in [6.45, 7) is 0. The van der Waals surface area contributed by atoms with Gasteiger partial charge >= 0.3 is 5.97 Å². The van der Waals surface area contributed by atoms with Gasteiger partial charge in [-0.2, -0.15) is 0 Å². The van der Waals surface area contributed by atoms with Crippen molar-refractivity contribution in [2.24, 2.45) is 0 Å². The Balaban J connectivity index is 2.21. The van der Waals surface area contributed by atoms with Gasteiger partial charge in [-0.3, -0.25) is 4.40 Å². The summed E-state index contributed by atoms with van der Waals surface area (Å²) in [6.07, 6.45) is 3.74. The summed E-state index contributed by atoms with van der Waals surface area (Å²) in [6, 6.07) is 6.89. The molecule has 3 aromatic rings. The van der Waals surface area contributed by atoms with Gasteiger partial charge in [-0.15, -0.1) is 11.3 Å². The summed E-state index contributed by atoms with van der Waals surface area (Å²) in [5.74, 6) is -0.933. The highest BCUT2D eigenvalue weighted by atomic mass is 32.1. The molecule has 0 unspecified atom stereocenters. The average Bonchev–Trinajstić information content (AvgIpc) is 2.88. The molecule has 0 fully saturated rings. The number of thiazole rings is 1. The smallest absolute Gasteiger partial charge is 0.336 e. The average molecular weight is 244 g/mol. The molecule has 0 amide bonds. The van der Waals surface area contributed by atoms with E-state index in [1.54, 1.807) is 18.2 Å². The highest BCUT2D eigenvalue weighted by Gasteiger charge is 2.13. The fraction of sp³-hybridized carbons (Fsp3) is 0. The molecule has 0 saturated heterocycles. The lowest BCUT2D eigenvalue weighted by Crippen LogP contribution is -1.98. The standard InChI is InChI=1S/C12H8N2O2S/c15-11(16)9-4-2-1-3-8(9)10-7-14-5-6-17-12(14)13-10/h1-7H,(H,15,16). The molecule has 17 heavy (non-hydrogen) atoms. The molecular weight excluding hydrogens is 236 g/mol. The predicted octanol–water partition coefficient (Wildman–Crippen LogP) is 2.76. The zero-order valence-corrected chi connectivity index (χ0v) is 9.52. The monoisotopic (exact) mass is 244 g/mol. The molecule has 0 atom stereocenters. The van der Waals surface area contributed by atoms with E-state index in [9.17, 15) is 4.79 Å². The van der Waals surface area contributed by atoms with Gasteiger partial charge in [0.05, 0.1) is 11.3 Å².